The summed E-state index contributed by atoms with van der Waals surface area (Å²) in [4.78, 5) is 28.8. The van der Waals surface area contributed by atoms with Crippen LogP contribution in [0.25, 0.3) is 0 Å². The van der Waals surface area contributed by atoms with Gasteiger partial charge in [0.15, 0.2) is 0 Å². The van der Waals surface area contributed by atoms with Gasteiger partial charge >= 0.3 is 0 Å². The summed E-state index contributed by atoms with van der Waals surface area (Å²) in [5.41, 5.74) is 2.20. The first kappa shape index (κ1) is 19.7. The number of carbonyl (C=O) groups excluding carboxylic acids is 2. The molecule has 6 heteroatoms. The van der Waals surface area contributed by atoms with Gasteiger partial charge < -0.3 is 9.80 Å². The van der Waals surface area contributed by atoms with Gasteiger partial charge in [-0.1, -0.05) is 35.9 Å². The second kappa shape index (κ2) is 8.73. The van der Waals surface area contributed by atoms with E-state index >= 15 is 0 Å². The van der Waals surface area contributed by atoms with Crippen LogP contribution in [0.1, 0.15) is 17.5 Å². The van der Waals surface area contributed by atoms with E-state index < -0.39 is 5.92 Å². The molecule has 1 aliphatic heterocycles. The Morgan fingerprint density at radius 1 is 1.32 bits per heavy atom. The highest BCUT2D eigenvalue weighted by Gasteiger charge is 2.37. The van der Waals surface area contributed by atoms with Crippen LogP contribution in [0.4, 0.5) is 5.69 Å². The molecule has 2 amide bonds. The molecule has 1 aliphatic rings. The van der Waals surface area contributed by atoms with Crippen molar-refractivity contribution in [3.05, 3.63) is 77.3 Å². The van der Waals surface area contributed by atoms with E-state index in [1.54, 1.807) is 46.2 Å². The van der Waals surface area contributed by atoms with Gasteiger partial charge in [0.05, 0.1) is 17.6 Å². The predicted molar refractivity (Wildman–Crippen MR) is 109 cm³/mol. The Hall–Kier alpha value is -3.10. The molecule has 1 saturated heterocycles. The quantitative estimate of drug-likeness (QED) is 0.701. The van der Waals surface area contributed by atoms with Crippen LogP contribution in [-0.2, 0) is 16.1 Å². The molecule has 0 aliphatic carbocycles. The van der Waals surface area contributed by atoms with Gasteiger partial charge in [-0.05, 0) is 35.9 Å². The predicted octanol–water partition coefficient (Wildman–Crippen LogP) is 3.78. The summed E-state index contributed by atoms with van der Waals surface area (Å²) in [5.74, 6) is -0.579. The van der Waals surface area contributed by atoms with Crippen molar-refractivity contribution >= 4 is 29.1 Å². The second-order valence-electron chi connectivity index (χ2n) is 6.70. The highest BCUT2D eigenvalue weighted by Crippen LogP contribution is 2.28. The number of carbonyl (C=O) groups is 2. The first-order valence-electron chi connectivity index (χ1n) is 8.96. The van der Waals surface area contributed by atoms with Crippen LogP contribution in [0.15, 0.2) is 61.2 Å². The van der Waals surface area contributed by atoms with Gasteiger partial charge in [-0.25, -0.2) is 0 Å². The Balaban J connectivity index is 1.73. The van der Waals surface area contributed by atoms with Gasteiger partial charge in [-0.3, -0.25) is 9.59 Å². The minimum Gasteiger partial charge on any atom is -0.334 e. The van der Waals surface area contributed by atoms with Gasteiger partial charge in [0.2, 0.25) is 11.8 Å². The fraction of sp³-hybridized carbons (Fsp3) is 0.227. The molecule has 0 aromatic heterocycles. The van der Waals surface area contributed by atoms with Crippen molar-refractivity contribution in [3.8, 4) is 6.07 Å². The van der Waals surface area contributed by atoms with Crippen molar-refractivity contribution in [2.75, 3.05) is 18.0 Å². The molecule has 5 nitrogen and oxygen atoms in total. The molecule has 1 fully saturated rings. The Morgan fingerprint density at radius 2 is 2.07 bits per heavy atom. The molecule has 1 unspecified atom stereocenters. The third-order valence-corrected chi connectivity index (χ3v) is 4.95. The average Bonchev–Trinajstić information content (AvgIpc) is 3.09. The van der Waals surface area contributed by atoms with Gasteiger partial charge in [0.1, 0.15) is 0 Å². The maximum Gasteiger partial charge on any atom is 0.228 e. The molecule has 28 heavy (non-hydrogen) atoms. The van der Waals surface area contributed by atoms with Gasteiger partial charge in [-0.15, -0.1) is 6.58 Å². The van der Waals surface area contributed by atoms with E-state index in [-0.39, 0.29) is 18.2 Å². The maximum absolute atomic E-state index is 13.1. The van der Waals surface area contributed by atoms with Crippen LogP contribution in [-0.4, -0.2) is 29.8 Å². The fourth-order valence-corrected chi connectivity index (χ4v) is 3.50. The summed E-state index contributed by atoms with van der Waals surface area (Å²) in [5, 5.41) is 9.46. The van der Waals surface area contributed by atoms with Crippen LogP contribution in [0.5, 0.6) is 0 Å². The number of hydrogen-bond donors (Lipinski definition) is 0. The highest BCUT2D eigenvalue weighted by atomic mass is 35.5. The van der Waals surface area contributed by atoms with E-state index in [2.05, 4.69) is 12.6 Å². The fourth-order valence-electron chi connectivity index (χ4n) is 3.32. The van der Waals surface area contributed by atoms with Crippen LogP contribution in [0.3, 0.4) is 0 Å². The molecule has 0 bridgehead atoms. The maximum atomic E-state index is 13.1. The van der Waals surface area contributed by atoms with Gasteiger partial charge in [-0.2, -0.15) is 5.26 Å². The molecule has 2 aromatic rings. The standard InChI is InChI=1S/C22H20ClN3O2/c1-2-10-25(14-17-8-6-16(13-24)7-9-17)22(28)18-11-21(27)26(15-18)20-5-3-4-19(23)12-20/h2-9,12,18H,1,10-11,14-15H2. The van der Waals surface area contributed by atoms with Gasteiger partial charge in [0.25, 0.3) is 0 Å². The number of hydrogen-bond acceptors (Lipinski definition) is 3. The smallest absolute Gasteiger partial charge is 0.228 e. The molecular formula is C22H20ClN3O2. The van der Waals surface area contributed by atoms with E-state index in [9.17, 15) is 9.59 Å². The monoisotopic (exact) mass is 393 g/mol. The second-order valence-corrected chi connectivity index (χ2v) is 7.14. The highest BCUT2D eigenvalue weighted by molar-refractivity contribution is 6.31. The lowest BCUT2D eigenvalue weighted by Crippen LogP contribution is -2.37. The summed E-state index contributed by atoms with van der Waals surface area (Å²) in [7, 11) is 0. The van der Waals surface area contributed by atoms with E-state index in [0.29, 0.717) is 35.9 Å². The van der Waals surface area contributed by atoms with E-state index in [1.807, 2.05) is 18.2 Å². The number of rotatable bonds is 6. The van der Waals surface area contributed by atoms with Crippen molar-refractivity contribution < 1.29 is 9.59 Å². The Kier molecular flexibility index (Phi) is 6.13. The van der Waals surface area contributed by atoms with Gasteiger partial charge in [0, 0.05) is 36.8 Å². The number of nitrogens with zero attached hydrogens (tertiary/aromatic N) is 3. The molecule has 0 spiro atoms. The van der Waals surface area contributed by atoms with Crippen LogP contribution < -0.4 is 4.90 Å². The average molecular weight is 394 g/mol. The zero-order chi connectivity index (χ0) is 20.1. The summed E-state index contributed by atoms with van der Waals surface area (Å²) in [6.07, 6.45) is 1.85. The molecule has 0 saturated carbocycles. The third kappa shape index (κ3) is 4.41. The SMILES string of the molecule is C=CCN(Cc1ccc(C#N)cc1)C(=O)C1CC(=O)N(c2cccc(Cl)c2)C1. The van der Waals surface area contributed by atoms with Crippen molar-refractivity contribution in [3.63, 3.8) is 0 Å². The Bertz CT molecular complexity index is 934. The lowest BCUT2D eigenvalue weighted by Gasteiger charge is -2.24. The van der Waals surface area contributed by atoms with Crippen molar-refractivity contribution in [2.45, 2.75) is 13.0 Å². The number of amides is 2. The molecule has 0 N–H and O–H groups in total. The summed E-state index contributed by atoms with van der Waals surface area (Å²) >= 11 is 6.03. The molecule has 1 heterocycles. The lowest BCUT2D eigenvalue weighted by molar-refractivity contribution is -0.135. The summed E-state index contributed by atoms with van der Waals surface area (Å²) < 4.78 is 0. The molecule has 2 aromatic carbocycles. The normalized spacial score (nSPS) is 15.9. The topological polar surface area (TPSA) is 64.4 Å². The van der Waals surface area contributed by atoms with Crippen molar-refractivity contribution in [1.29, 1.82) is 5.26 Å². The zero-order valence-corrected chi connectivity index (χ0v) is 16.1. The largest absolute Gasteiger partial charge is 0.334 e. The third-order valence-electron chi connectivity index (χ3n) is 4.71. The van der Waals surface area contributed by atoms with Crippen LogP contribution >= 0.6 is 11.6 Å². The zero-order valence-electron chi connectivity index (χ0n) is 15.3. The molecule has 142 valence electrons. The first-order chi connectivity index (χ1) is 13.5. The molecule has 3 rings (SSSR count). The first-order valence-corrected chi connectivity index (χ1v) is 9.34. The van der Waals surface area contributed by atoms with E-state index in [4.69, 9.17) is 16.9 Å². The number of nitriles is 1. The van der Waals surface area contributed by atoms with Crippen LogP contribution in [0.2, 0.25) is 5.02 Å². The number of halogens is 1. The van der Waals surface area contributed by atoms with Crippen LogP contribution in [0, 0.1) is 17.2 Å². The molecular weight excluding hydrogens is 374 g/mol. The minimum atomic E-state index is -0.412. The minimum absolute atomic E-state index is 0.0814. The molecule has 1 atom stereocenters. The number of anilines is 1. The van der Waals surface area contributed by atoms with Crippen molar-refractivity contribution in [2.24, 2.45) is 5.92 Å². The Morgan fingerprint density at radius 3 is 2.71 bits per heavy atom. The van der Waals surface area contributed by atoms with Crippen molar-refractivity contribution in [1.82, 2.24) is 4.90 Å². The summed E-state index contributed by atoms with van der Waals surface area (Å²) in [6, 6.07) is 16.3. The van der Waals surface area contributed by atoms with E-state index in [0.717, 1.165) is 5.56 Å². The Labute approximate surface area is 169 Å². The lowest BCUT2D eigenvalue weighted by atomic mass is 10.1. The number of benzene rings is 2. The molecule has 0 radical (unpaired) electrons. The van der Waals surface area contributed by atoms with E-state index in [1.165, 1.54) is 0 Å². The summed E-state index contributed by atoms with van der Waals surface area (Å²) in [6.45, 7) is 4.86.